The average molecular weight is 428 g/mol. The van der Waals surface area contributed by atoms with E-state index in [1.165, 1.54) is 28.5 Å². The van der Waals surface area contributed by atoms with Gasteiger partial charge in [0.15, 0.2) is 0 Å². The first-order valence-electron chi connectivity index (χ1n) is 7.87. The minimum absolute atomic E-state index is 0. The van der Waals surface area contributed by atoms with Crippen LogP contribution in [0.15, 0.2) is 12.1 Å². The van der Waals surface area contributed by atoms with Crippen LogP contribution in [-0.4, -0.2) is 26.8 Å². The van der Waals surface area contributed by atoms with Crippen LogP contribution in [0.3, 0.4) is 0 Å². The summed E-state index contributed by atoms with van der Waals surface area (Å²) in [5.41, 5.74) is 11.3. The van der Waals surface area contributed by atoms with E-state index in [1.807, 2.05) is 0 Å². The summed E-state index contributed by atoms with van der Waals surface area (Å²) in [7, 11) is -3.09. The van der Waals surface area contributed by atoms with Gasteiger partial charge in [-0.3, -0.25) is 0 Å². The summed E-state index contributed by atoms with van der Waals surface area (Å²) in [6.07, 6.45) is 5.15. The minimum Gasteiger partial charge on any atom is -0.326 e. The van der Waals surface area contributed by atoms with Crippen molar-refractivity contribution in [2.75, 3.05) is 6.26 Å². The molecule has 134 valence electrons. The number of sulfonamides is 1. The normalized spacial score (nSPS) is 21.0. The summed E-state index contributed by atoms with van der Waals surface area (Å²) >= 11 is 0. The Balaban J connectivity index is 0.000000409. The number of nitrogens with one attached hydrogen (secondary N) is 1. The summed E-state index contributed by atoms with van der Waals surface area (Å²) < 4.78 is 24.3. The SMILES string of the molecule is CS(=O)(=O)N[C@@H]1CCCC[C@H]1N.Cc1cc(C)c(C)c(C)c1.[Ru]. The fraction of sp³-hybridized carbons (Fsp3) is 0.647. The Morgan fingerprint density at radius 2 is 1.52 bits per heavy atom. The maximum atomic E-state index is 10.9. The Hall–Kier alpha value is -0.287. The number of benzene rings is 1. The topological polar surface area (TPSA) is 72.2 Å². The number of nitrogens with two attached hydrogens (primary N) is 1. The van der Waals surface area contributed by atoms with Crippen molar-refractivity contribution in [1.29, 1.82) is 0 Å². The third-order valence-corrected chi connectivity index (χ3v) is 4.99. The van der Waals surface area contributed by atoms with Crippen molar-refractivity contribution in [2.24, 2.45) is 5.73 Å². The summed E-state index contributed by atoms with van der Waals surface area (Å²) in [6.45, 7) is 8.63. The van der Waals surface area contributed by atoms with Gasteiger partial charge in [-0.25, -0.2) is 13.1 Å². The van der Waals surface area contributed by atoms with Gasteiger partial charge in [-0.1, -0.05) is 30.5 Å². The first-order chi connectivity index (χ1) is 10.1. The van der Waals surface area contributed by atoms with Crippen molar-refractivity contribution in [2.45, 2.75) is 65.5 Å². The van der Waals surface area contributed by atoms with Crippen molar-refractivity contribution < 1.29 is 27.9 Å². The Labute approximate surface area is 154 Å². The molecule has 3 N–H and O–H groups in total. The molecule has 4 nitrogen and oxygen atoms in total. The smallest absolute Gasteiger partial charge is 0.209 e. The number of hydrogen-bond acceptors (Lipinski definition) is 3. The molecule has 2 atom stereocenters. The molecule has 1 aliphatic rings. The van der Waals surface area contributed by atoms with Gasteiger partial charge in [0.25, 0.3) is 0 Å². The third-order valence-electron chi connectivity index (χ3n) is 4.26. The molecule has 0 aromatic heterocycles. The molecule has 0 spiro atoms. The summed E-state index contributed by atoms with van der Waals surface area (Å²) in [6, 6.07) is 4.40. The molecule has 0 amide bonds. The fourth-order valence-corrected chi connectivity index (χ4v) is 3.68. The van der Waals surface area contributed by atoms with Crippen LogP contribution < -0.4 is 10.5 Å². The number of aryl methyl sites for hydroxylation is 3. The van der Waals surface area contributed by atoms with Gasteiger partial charge < -0.3 is 5.73 Å². The molecule has 1 fully saturated rings. The van der Waals surface area contributed by atoms with Crippen LogP contribution >= 0.6 is 0 Å². The maximum absolute atomic E-state index is 10.9. The Bertz CT molecular complexity index is 580. The van der Waals surface area contributed by atoms with Crippen LogP contribution in [0.2, 0.25) is 0 Å². The van der Waals surface area contributed by atoms with Crippen molar-refractivity contribution in [3.63, 3.8) is 0 Å². The zero-order valence-electron chi connectivity index (χ0n) is 14.8. The van der Waals surface area contributed by atoms with Crippen LogP contribution in [-0.2, 0) is 29.5 Å². The minimum atomic E-state index is -3.09. The van der Waals surface area contributed by atoms with Gasteiger partial charge in [0.2, 0.25) is 10.0 Å². The Morgan fingerprint density at radius 1 is 1.04 bits per heavy atom. The van der Waals surface area contributed by atoms with E-state index < -0.39 is 10.0 Å². The van der Waals surface area contributed by atoms with Crippen LogP contribution in [0.1, 0.15) is 47.9 Å². The fourth-order valence-electron chi connectivity index (χ4n) is 2.83. The Morgan fingerprint density at radius 3 is 1.96 bits per heavy atom. The molecule has 2 rings (SSSR count). The van der Waals surface area contributed by atoms with Gasteiger partial charge >= 0.3 is 0 Å². The molecular formula is C17H30N2O2RuS. The summed E-state index contributed by atoms with van der Waals surface area (Å²) in [5, 5.41) is 0. The van der Waals surface area contributed by atoms with Crippen LogP contribution in [0, 0.1) is 27.7 Å². The van der Waals surface area contributed by atoms with E-state index in [2.05, 4.69) is 44.5 Å². The van der Waals surface area contributed by atoms with Crippen molar-refractivity contribution >= 4 is 10.0 Å². The first-order valence-corrected chi connectivity index (χ1v) is 9.76. The van der Waals surface area contributed by atoms with E-state index in [9.17, 15) is 8.42 Å². The molecule has 1 aromatic carbocycles. The van der Waals surface area contributed by atoms with Gasteiger partial charge in [-0.15, -0.1) is 0 Å². The van der Waals surface area contributed by atoms with Gasteiger partial charge in [0.05, 0.1) is 6.26 Å². The van der Waals surface area contributed by atoms with Crippen molar-refractivity contribution in [3.05, 3.63) is 34.4 Å². The van der Waals surface area contributed by atoms with Crippen LogP contribution in [0.5, 0.6) is 0 Å². The van der Waals surface area contributed by atoms with Crippen molar-refractivity contribution in [1.82, 2.24) is 4.72 Å². The van der Waals surface area contributed by atoms with Gasteiger partial charge in [0.1, 0.15) is 0 Å². The molecule has 6 heteroatoms. The van der Waals surface area contributed by atoms with Gasteiger partial charge in [-0.05, 0) is 57.2 Å². The zero-order valence-corrected chi connectivity index (χ0v) is 17.3. The molecule has 0 radical (unpaired) electrons. The second kappa shape index (κ2) is 9.88. The second-order valence-electron chi connectivity index (χ2n) is 6.47. The zero-order chi connectivity index (χ0) is 16.9. The van der Waals surface area contributed by atoms with Crippen LogP contribution in [0.4, 0.5) is 0 Å². The van der Waals surface area contributed by atoms with E-state index in [4.69, 9.17) is 5.73 Å². The predicted octanol–water partition coefficient (Wildman–Crippen LogP) is 2.72. The molecule has 23 heavy (non-hydrogen) atoms. The maximum Gasteiger partial charge on any atom is 0.209 e. The quantitative estimate of drug-likeness (QED) is 0.713. The Kier molecular flexibility index (Phi) is 9.75. The molecule has 0 bridgehead atoms. The van der Waals surface area contributed by atoms with Crippen molar-refractivity contribution in [3.8, 4) is 0 Å². The molecule has 1 saturated carbocycles. The molecule has 0 heterocycles. The molecule has 0 unspecified atom stereocenters. The number of rotatable bonds is 2. The van der Waals surface area contributed by atoms with Gasteiger partial charge in [0, 0.05) is 31.6 Å². The second-order valence-corrected chi connectivity index (χ2v) is 8.25. The standard InChI is InChI=1S/C10H14.C7H16N2O2S.Ru/c1-7-5-8(2)10(4)9(3)6-7;1-12(10,11)9-7-5-3-2-4-6(7)8;/h5-6H,1-4H3;6-7,9H,2-5,8H2,1H3;/t;6-,7-;/m.1./s1. The van der Waals surface area contributed by atoms with Crippen LogP contribution in [0.25, 0.3) is 0 Å². The first kappa shape index (κ1) is 22.7. The van der Waals surface area contributed by atoms with E-state index in [-0.39, 0.29) is 31.6 Å². The third kappa shape index (κ3) is 8.39. The van der Waals surface area contributed by atoms with E-state index in [0.717, 1.165) is 25.7 Å². The van der Waals surface area contributed by atoms with E-state index >= 15 is 0 Å². The molecular weight excluding hydrogens is 397 g/mol. The summed E-state index contributed by atoms with van der Waals surface area (Å²) in [4.78, 5) is 0. The average Bonchev–Trinajstić information content (AvgIpc) is 2.38. The molecule has 0 aliphatic heterocycles. The number of hydrogen-bond donors (Lipinski definition) is 2. The molecule has 1 aliphatic carbocycles. The van der Waals surface area contributed by atoms with E-state index in [0.29, 0.717) is 0 Å². The largest absolute Gasteiger partial charge is 0.326 e. The monoisotopic (exact) mass is 428 g/mol. The van der Waals surface area contributed by atoms with Gasteiger partial charge in [-0.2, -0.15) is 0 Å². The predicted molar refractivity (Wildman–Crippen MR) is 93.6 cm³/mol. The molecule has 1 aromatic rings. The molecule has 0 saturated heterocycles. The summed E-state index contributed by atoms with van der Waals surface area (Å²) in [5.74, 6) is 0. The van der Waals surface area contributed by atoms with E-state index in [1.54, 1.807) is 0 Å².